The van der Waals surface area contributed by atoms with Gasteiger partial charge in [-0.2, -0.15) is 0 Å². The molecule has 0 aliphatic heterocycles. The maximum atomic E-state index is 2.57. The van der Waals surface area contributed by atoms with E-state index in [-0.39, 0.29) is 12.4 Å². The molecule has 2 nitrogen and oxygen atoms in total. The Bertz CT molecular complexity index is 138. The summed E-state index contributed by atoms with van der Waals surface area (Å²) in [6.07, 6.45) is 0. The van der Waals surface area contributed by atoms with E-state index in [9.17, 15) is 0 Å². The van der Waals surface area contributed by atoms with Gasteiger partial charge in [0.25, 0.3) is 0 Å². The Hall–Kier alpha value is 0.640. The van der Waals surface area contributed by atoms with Gasteiger partial charge in [0.05, 0.1) is 0 Å². The first-order valence-electron chi connectivity index (χ1n) is 6.10. The molecule has 0 aliphatic carbocycles. The van der Waals surface area contributed by atoms with Gasteiger partial charge < -0.3 is 0 Å². The second kappa shape index (κ2) is 8.69. The number of rotatable bonds is 6. The molecule has 16 heavy (non-hydrogen) atoms. The quantitative estimate of drug-likeness (QED) is 0.668. The molecule has 0 aromatic heterocycles. The van der Waals surface area contributed by atoms with Crippen molar-refractivity contribution in [3.8, 4) is 0 Å². The molecule has 0 bridgehead atoms. The first kappa shape index (κ1) is 19.0. The van der Waals surface area contributed by atoms with Crippen molar-refractivity contribution < 1.29 is 0 Å². The zero-order valence-corrected chi connectivity index (χ0v) is 13.9. The van der Waals surface area contributed by atoms with E-state index in [1.165, 1.54) is 0 Å². The van der Waals surface area contributed by atoms with Crippen LogP contribution < -0.4 is 0 Å². The second-order valence-corrected chi connectivity index (χ2v) is 6.52. The van der Waals surface area contributed by atoms with Crippen LogP contribution in [0.15, 0.2) is 0 Å². The molecule has 0 spiro atoms. The van der Waals surface area contributed by atoms with Crippen LogP contribution in [0.4, 0.5) is 0 Å². The number of nitrogens with zero attached hydrogens (tertiary/aromatic N) is 2. The van der Waals surface area contributed by atoms with Crippen LogP contribution in [0.5, 0.6) is 0 Å². The number of hydrogen-bond donors (Lipinski definition) is 0. The van der Waals surface area contributed by atoms with E-state index < -0.39 is 0 Å². The van der Waals surface area contributed by atoms with Gasteiger partial charge in [0.2, 0.25) is 0 Å². The highest BCUT2D eigenvalue weighted by atomic mass is 35.5. The third-order valence-electron chi connectivity index (χ3n) is 2.46. The predicted octanol–water partition coefficient (Wildman–Crippen LogP) is 4.15. The summed E-state index contributed by atoms with van der Waals surface area (Å²) in [6.45, 7) is 18.3. The molecule has 0 amide bonds. The van der Waals surface area contributed by atoms with Gasteiger partial charge in [-0.05, 0) is 55.4 Å². The Labute approximate surface area is 110 Å². The minimum absolute atomic E-state index is 0. The van der Waals surface area contributed by atoms with E-state index in [0.29, 0.717) is 24.2 Å². The molecule has 0 N–H and O–H groups in total. The first-order valence-corrected chi connectivity index (χ1v) is 6.99. The van der Waals surface area contributed by atoms with Gasteiger partial charge in [0.15, 0.2) is 0 Å². The van der Waals surface area contributed by atoms with Crippen LogP contribution in [0.1, 0.15) is 55.4 Å². The van der Waals surface area contributed by atoms with Crippen molar-refractivity contribution in [2.45, 2.75) is 79.6 Å². The topological polar surface area (TPSA) is 6.48 Å². The monoisotopic (exact) mass is 268 g/mol. The van der Waals surface area contributed by atoms with Crippen LogP contribution in [0.2, 0.25) is 0 Å². The molecule has 0 saturated carbocycles. The SMILES string of the molecule is CC(C)N(PN(C(C)C)C(C)C)C(C)C.Cl. The number of halogens is 1. The van der Waals surface area contributed by atoms with Crippen LogP contribution in [-0.2, 0) is 0 Å². The van der Waals surface area contributed by atoms with E-state index in [0.717, 1.165) is 8.88 Å². The molecule has 0 aromatic rings. The molecular formula is C12H30ClN2P. The van der Waals surface area contributed by atoms with Crippen LogP contribution in [0.3, 0.4) is 0 Å². The van der Waals surface area contributed by atoms with Gasteiger partial charge >= 0.3 is 0 Å². The molecule has 0 fully saturated rings. The molecule has 4 heteroatoms. The molecule has 100 valence electrons. The van der Waals surface area contributed by atoms with Crippen molar-refractivity contribution in [3.63, 3.8) is 0 Å². The summed E-state index contributed by atoms with van der Waals surface area (Å²) >= 11 is 0. The summed E-state index contributed by atoms with van der Waals surface area (Å²) < 4.78 is 5.14. The largest absolute Gasteiger partial charge is 0.267 e. The minimum Gasteiger partial charge on any atom is -0.267 e. The highest BCUT2D eigenvalue weighted by Crippen LogP contribution is 2.32. The smallest absolute Gasteiger partial charge is 0.0250 e. The van der Waals surface area contributed by atoms with Crippen molar-refractivity contribution in [2.75, 3.05) is 0 Å². The van der Waals surface area contributed by atoms with E-state index >= 15 is 0 Å². The summed E-state index contributed by atoms with van der Waals surface area (Å²) in [5, 5.41) is 0. The lowest BCUT2D eigenvalue weighted by Crippen LogP contribution is -2.38. The average Bonchev–Trinajstić information content (AvgIpc) is 2.01. The Kier molecular flexibility index (Phi) is 10.3. The van der Waals surface area contributed by atoms with E-state index in [1.54, 1.807) is 0 Å². The van der Waals surface area contributed by atoms with Crippen molar-refractivity contribution in [3.05, 3.63) is 0 Å². The van der Waals surface area contributed by atoms with Crippen LogP contribution in [-0.4, -0.2) is 33.5 Å². The number of hydrogen-bond acceptors (Lipinski definition) is 2. The highest BCUT2D eigenvalue weighted by Gasteiger charge is 2.21. The Morgan fingerprint density at radius 2 is 0.750 bits per heavy atom. The van der Waals surface area contributed by atoms with E-state index in [1.807, 2.05) is 0 Å². The van der Waals surface area contributed by atoms with Crippen LogP contribution >= 0.6 is 21.3 Å². The lowest BCUT2D eigenvalue weighted by Gasteiger charge is -2.39. The van der Waals surface area contributed by atoms with Gasteiger partial charge in [-0.3, -0.25) is 9.34 Å². The Morgan fingerprint density at radius 1 is 0.562 bits per heavy atom. The van der Waals surface area contributed by atoms with Crippen LogP contribution in [0.25, 0.3) is 0 Å². The lowest BCUT2D eigenvalue weighted by molar-refractivity contribution is 0.267. The lowest BCUT2D eigenvalue weighted by atomic mass is 10.3. The fourth-order valence-electron chi connectivity index (χ4n) is 1.79. The molecule has 0 rings (SSSR count). The highest BCUT2D eigenvalue weighted by molar-refractivity contribution is 7.32. The van der Waals surface area contributed by atoms with Crippen molar-refractivity contribution >= 4 is 21.3 Å². The van der Waals surface area contributed by atoms with Gasteiger partial charge in [0.1, 0.15) is 0 Å². The molecular weight excluding hydrogens is 239 g/mol. The van der Waals surface area contributed by atoms with E-state index in [2.05, 4.69) is 64.7 Å². The van der Waals surface area contributed by atoms with Crippen molar-refractivity contribution in [2.24, 2.45) is 0 Å². The minimum atomic E-state index is 0. The Morgan fingerprint density at radius 3 is 0.875 bits per heavy atom. The van der Waals surface area contributed by atoms with E-state index in [4.69, 9.17) is 0 Å². The maximum absolute atomic E-state index is 2.57. The second-order valence-electron chi connectivity index (χ2n) is 5.29. The van der Waals surface area contributed by atoms with Gasteiger partial charge in [0, 0.05) is 33.0 Å². The fraction of sp³-hybridized carbons (Fsp3) is 1.00. The third kappa shape index (κ3) is 6.39. The summed E-state index contributed by atoms with van der Waals surface area (Å²) in [6, 6.07) is 2.51. The average molecular weight is 269 g/mol. The normalized spacial score (nSPS) is 12.4. The summed E-state index contributed by atoms with van der Waals surface area (Å²) in [4.78, 5) is 0. The third-order valence-corrected chi connectivity index (χ3v) is 4.98. The molecule has 0 atom stereocenters. The summed E-state index contributed by atoms with van der Waals surface area (Å²) in [5.74, 6) is 0. The fourth-order valence-corrected chi connectivity index (χ4v) is 2.98. The summed E-state index contributed by atoms with van der Waals surface area (Å²) in [7, 11) is 0.802. The van der Waals surface area contributed by atoms with Crippen molar-refractivity contribution in [1.82, 2.24) is 9.34 Å². The first-order chi connectivity index (χ1) is 6.77. The molecule has 0 unspecified atom stereocenters. The molecule has 0 radical (unpaired) electrons. The molecule has 0 aliphatic rings. The maximum Gasteiger partial charge on any atom is 0.0250 e. The molecule has 0 heterocycles. The van der Waals surface area contributed by atoms with Gasteiger partial charge in [-0.25, -0.2) is 0 Å². The zero-order chi connectivity index (χ0) is 12.2. The molecule has 0 aromatic carbocycles. The van der Waals surface area contributed by atoms with Gasteiger partial charge in [-0.1, -0.05) is 0 Å². The Balaban J connectivity index is 0. The van der Waals surface area contributed by atoms with Crippen molar-refractivity contribution in [1.29, 1.82) is 0 Å². The summed E-state index contributed by atoms with van der Waals surface area (Å²) in [5.41, 5.74) is 0. The van der Waals surface area contributed by atoms with Crippen LogP contribution in [0, 0.1) is 0 Å². The van der Waals surface area contributed by atoms with Gasteiger partial charge in [-0.15, -0.1) is 12.4 Å². The standard InChI is InChI=1S/C12H29N2P.ClH/c1-9(2)13(10(3)4)15-14(11(5)6)12(7)8;/h9-12,15H,1-8H3;1H. The molecule has 0 saturated heterocycles. The predicted molar refractivity (Wildman–Crippen MR) is 79.8 cm³/mol. The zero-order valence-electron chi connectivity index (χ0n) is 12.1.